The summed E-state index contributed by atoms with van der Waals surface area (Å²) in [6.07, 6.45) is -4.52. The molecule has 2 rings (SSSR count). The molecule has 0 aliphatic rings. The molecule has 0 unspecified atom stereocenters. The smallest absolute Gasteiger partial charge is 0.383 e. The van der Waals surface area contributed by atoms with Crippen molar-refractivity contribution in [3.05, 3.63) is 59.7 Å². The topological polar surface area (TPSA) is 84.5 Å². The van der Waals surface area contributed by atoms with Crippen molar-refractivity contribution in [2.75, 3.05) is 25.6 Å². The third-order valence-corrected chi connectivity index (χ3v) is 4.95. The summed E-state index contributed by atoms with van der Waals surface area (Å²) in [6.45, 7) is 0.299. The summed E-state index contributed by atoms with van der Waals surface area (Å²) in [5, 5.41) is 2.35. The molecule has 2 N–H and O–H groups in total. The van der Waals surface area contributed by atoms with E-state index in [1.165, 1.54) is 43.5 Å². The number of hydrogen-bond donors (Lipinski definition) is 2. The Labute approximate surface area is 154 Å². The number of anilines is 1. The van der Waals surface area contributed by atoms with Crippen molar-refractivity contribution in [2.24, 2.45) is 0 Å². The van der Waals surface area contributed by atoms with Crippen molar-refractivity contribution in [3.8, 4) is 0 Å². The molecule has 27 heavy (non-hydrogen) atoms. The van der Waals surface area contributed by atoms with Gasteiger partial charge in [-0.1, -0.05) is 6.07 Å². The number of rotatable bonds is 7. The van der Waals surface area contributed by atoms with Crippen molar-refractivity contribution >= 4 is 21.6 Å². The van der Waals surface area contributed by atoms with Gasteiger partial charge in [0.15, 0.2) is 0 Å². The van der Waals surface area contributed by atoms with Gasteiger partial charge in [0.1, 0.15) is 0 Å². The number of ether oxygens (including phenoxy) is 1. The van der Waals surface area contributed by atoms with Crippen LogP contribution in [0, 0.1) is 0 Å². The van der Waals surface area contributed by atoms with E-state index in [9.17, 15) is 26.4 Å². The van der Waals surface area contributed by atoms with E-state index in [0.29, 0.717) is 0 Å². The molecule has 2 aromatic carbocycles. The number of alkyl halides is 3. The Kier molecular flexibility index (Phi) is 6.58. The number of sulfonamides is 1. The van der Waals surface area contributed by atoms with Gasteiger partial charge in [-0.2, -0.15) is 13.2 Å². The standard InChI is InChI=1S/C17H17F3N2O4S/c1-26-10-9-21-27(24,25)15-7-5-12(6-8-15)16(23)22-14-4-2-3-13(11-14)17(18,19)20/h2-8,11,21H,9-10H2,1H3,(H,22,23). The number of methoxy groups -OCH3 is 1. The van der Waals surface area contributed by atoms with Crippen molar-refractivity contribution < 1.29 is 31.1 Å². The van der Waals surface area contributed by atoms with Crippen LogP contribution < -0.4 is 10.0 Å². The molecule has 6 nitrogen and oxygen atoms in total. The summed E-state index contributed by atoms with van der Waals surface area (Å²) in [5.74, 6) is -0.661. The number of halogens is 3. The predicted octanol–water partition coefficient (Wildman–Crippen LogP) is 2.88. The molecular formula is C17H17F3N2O4S. The molecule has 0 aliphatic heterocycles. The van der Waals surface area contributed by atoms with Gasteiger partial charge in [0, 0.05) is 24.9 Å². The second kappa shape index (κ2) is 8.51. The van der Waals surface area contributed by atoms with Gasteiger partial charge >= 0.3 is 6.18 Å². The SMILES string of the molecule is COCCNS(=O)(=O)c1ccc(C(=O)Nc2cccc(C(F)(F)F)c2)cc1. The highest BCUT2D eigenvalue weighted by Crippen LogP contribution is 2.30. The van der Waals surface area contributed by atoms with Crippen LogP contribution in [-0.4, -0.2) is 34.6 Å². The van der Waals surface area contributed by atoms with Crippen LogP contribution in [0.25, 0.3) is 0 Å². The summed E-state index contributed by atoms with van der Waals surface area (Å²) in [5.41, 5.74) is -0.806. The molecule has 0 saturated carbocycles. The van der Waals surface area contributed by atoms with Crippen molar-refractivity contribution in [1.82, 2.24) is 4.72 Å². The second-order valence-corrected chi connectivity index (χ2v) is 7.21. The fraction of sp³-hybridized carbons (Fsp3) is 0.235. The Bertz CT molecular complexity index is 897. The Balaban J connectivity index is 2.10. The fourth-order valence-electron chi connectivity index (χ4n) is 2.12. The van der Waals surface area contributed by atoms with Crippen molar-refractivity contribution in [3.63, 3.8) is 0 Å². The molecule has 0 fully saturated rings. The van der Waals surface area contributed by atoms with Crippen LogP contribution in [-0.2, 0) is 20.9 Å². The first-order valence-electron chi connectivity index (χ1n) is 7.71. The van der Waals surface area contributed by atoms with E-state index in [0.717, 1.165) is 12.1 Å². The number of amides is 1. The van der Waals surface area contributed by atoms with Gasteiger partial charge in [0.2, 0.25) is 10.0 Å². The average molecular weight is 402 g/mol. The lowest BCUT2D eigenvalue weighted by atomic mass is 10.1. The summed E-state index contributed by atoms with van der Waals surface area (Å²) < 4.78 is 69.3. The number of carbonyl (C=O) groups excluding carboxylic acids is 1. The minimum absolute atomic E-state index is 0.0206. The average Bonchev–Trinajstić information content (AvgIpc) is 2.61. The van der Waals surface area contributed by atoms with Gasteiger partial charge in [-0.15, -0.1) is 0 Å². The Morgan fingerprint density at radius 2 is 1.78 bits per heavy atom. The lowest BCUT2D eigenvalue weighted by molar-refractivity contribution is -0.137. The largest absolute Gasteiger partial charge is 0.416 e. The quantitative estimate of drug-likeness (QED) is 0.698. The molecule has 0 aromatic heterocycles. The van der Waals surface area contributed by atoms with Crippen molar-refractivity contribution in [1.29, 1.82) is 0 Å². The minimum Gasteiger partial charge on any atom is -0.383 e. The zero-order chi connectivity index (χ0) is 20.1. The maximum absolute atomic E-state index is 12.7. The van der Waals surface area contributed by atoms with Crippen LogP contribution in [0.2, 0.25) is 0 Å². The molecule has 10 heteroatoms. The van der Waals surface area contributed by atoms with Crippen LogP contribution in [0.5, 0.6) is 0 Å². The molecular weight excluding hydrogens is 385 g/mol. The van der Waals surface area contributed by atoms with E-state index in [1.54, 1.807) is 0 Å². The summed E-state index contributed by atoms with van der Waals surface area (Å²) in [7, 11) is -2.31. The molecule has 0 radical (unpaired) electrons. The molecule has 0 atom stereocenters. The van der Waals surface area contributed by atoms with Gasteiger partial charge in [0.05, 0.1) is 17.1 Å². The van der Waals surface area contributed by atoms with E-state index in [2.05, 4.69) is 10.0 Å². The third kappa shape index (κ3) is 5.78. The highest BCUT2D eigenvalue weighted by atomic mass is 32.2. The molecule has 0 aliphatic carbocycles. The van der Waals surface area contributed by atoms with Crippen molar-refractivity contribution in [2.45, 2.75) is 11.1 Å². The Morgan fingerprint density at radius 3 is 2.37 bits per heavy atom. The molecule has 0 spiro atoms. The Hall–Kier alpha value is -2.43. The van der Waals surface area contributed by atoms with Gasteiger partial charge in [-0.05, 0) is 42.5 Å². The first-order chi connectivity index (χ1) is 12.6. The molecule has 146 valence electrons. The maximum atomic E-state index is 12.7. The van der Waals surface area contributed by atoms with Gasteiger partial charge in [0.25, 0.3) is 5.91 Å². The zero-order valence-electron chi connectivity index (χ0n) is 14.2. The van der Waals surface area contributed by atoms with E-state index in [4.69, 9.17) is 4.74 Å². The number of nitrogens with one attached hydrogen (secondary N) is 2. The molecule has 0 saturated heterocycles. The van der Waals surface area contributed by atoms with Crippen LogP contribution in [0.4, 0.5) is 18.9 Å². The van der Waals surface area contributed by atoms with Gasteiger partial charge in [-0.25, -0.2) is 13.1 Å². The van der Waals surface area contributed by atoms with Gasteiger partial charge in [-0.3, -0.25) is 4.79 Å². The van der Waals surface area contributed by atoms with E-state index in [-0.39, 0.29) is 29.3 Å². The number of carbonyl (C=O) groups is 1. The number of hydrogen-bond acceptors (Lipinski definition) is 4. The van der Waals surface area contributed by atoms with Crippen LogP contribution in [0.3, 0.4) is 0 Å². The normalized spacial score (nSPS) is 12.0. The van der Waals surface area contributed by atoms with E-state index in [1.807, 2.05) is 0 Å². The fourth-order valence-corrected chi connectivity index (χ4v) is 3.14. The highest BCUT2D eigenvalue weighted by Gasteiger charge is 2.30. The molecule has 1 amide bonds. The third-order valence-electron chi connectivity index (χ3n) is 3.47. The molecule has 2 aromatic rings. The summed E-state index contributed by atoms with van der Waals surface area (Å²) in [4.78, 5) is 12.1. The van der Waals surface area contributed by atoms with E-state index < -0.39 is 27.7 Å². The van der Waals surface area contributed by atoms with E-state index >= 15 is 0 Å². The highest BCUT2D eigenvalue weighted by molar-refractivity contribution is 7.89. The first-order valence-corrected chi connectivity index (χ1v) is 9.19. The summed E-state index contributed by atoms with van der Waals surface area (Å²) in [6, 6.07) is 9.22. The predicted molar refractivity (Wildman–Crippen MR) is 92.9 cm³/mol. The van der Waals surface area contributed by atoms with Crippen LogP contribution in [0.15, 0.2) is 53.4 Å². The zero-order valence-corrected chi connectivity index (χ0v) is 15.0. The van der Waals surface area contributed by atoms with Crippen LogP contribution >= 0.6 is 0 Å². The Morgan fingerprint density at radius 1 is 1.11 bits per heavy atom. The minimum atomic E-state index is -4.52. The summed E-state index contributed by atoms with van der Waals surface area (Å²) >= 11 is 0. The maximum Gasteiger partial charge on any atom is 0.416 e. The first kappa shape index (κ1) is 20.9. The molecule has 0 bridgehead atoms. The second-order valence-electron chi connectivity index (χ2n) is 5.45. The number of benzene rings is 2. The molecule has 0 heterocycles. The van der Waals surface area contributed by atoms with Gasteiger partial charge < -0.3 is 10.1 Å². The van der Waals surface area contributed by atoms with Crippen LogP contribution in [0.1, 0.15) is 15.9 Å². The lowest BCUT2D eigenvalue weighted by Gasteiger charge is -2.10. The monoisotopic (exact) mass is 402 g/mol. The lowest BCUT2D eigenvalue weighted by Crippen LogP contribution is -2.27.